The fourth-order valence-corrected chi connectivity index (χ4v) is 2.72. The molecular weight excluding hydrogens is 407 g/mol. The Hall–Kier alpha value is -3.79. The van der Waals surface area contributed by atoms with Crippen molar-refractivity contribution in [2.45, 2.75) is 0 Å². The second kappa shape index (κ2) is 10.8. The van der Waals surface area contributed by atoms with E-state index in [4.69, 9.17) is 9.47 Å². The van der Waals surface area contributed by atoms with Gasteiger partial charge in [0.25, 0.3) is 5.91 Å². The molecule has 31 heavy (non-hydrogen) atoms. The molecule has 0 spiro atoms. The zero-order valence-corrected chi connectivity index (χ0v) is 16.5. The van der Waals surface area contributed by atoms with Gasteiger partial charge in [-0.1, -0.05) is 24.3 Å². The normalized spacial score (nSPS) is 13.6. The van der Waals surface area contributed by atoms with E-state index in [0.29, 0.717) is 37.6 Å². The summed E-state index contributed by atoms with van der Waals surface area (Å²) in [5.41, 5.74) is 2.44. The summed E-state index contributed by atoms with van der Waals surface area (Å²) in [6.07, 6.45) is 1.28. The van der Waals surface area contributed by atoms with Gasteiger partial charge in [0, 0.05) is 18.7 Å². The monoisotopic (exact) mass is 428 g/mol. The number of hydrogen-bond donors (Lipinski definition) is 2. The number of anilines is 1. The first kappa shape index (κ1) is 21.9. The van der Waals surface area contributed by atoms with Crippen LogP contribution in [0.1, 0.15) is 5.56 Å². The number of para-hydroxylation sites is 2. The number of carbonyl (C=O) groups is 3. The molecule has 1 fully saturated rings. The molecule has 0 atom stereocenters. The zero-order valence-electron chi connectivity index (χ0n) is 16.5. The minimum Gasteiger partial charge on any atom is -0.483 e. The molecule has 162 valence electrons. The molecule has 0 unspecified atom stereocenters. The van der Waals surface area contributed by atoms with Crippen molar-refractivity contribution < 1.29 is 28.2 Å². The Bertz CT molecular complexity index is 976. The van der Waals surface area contributed by atoms with E-state index in [1.165, 1.54) is 24.4 Å². The topological polar surface area (TPSA) is 109 Å². The molecule has 2 aromatic carbocycles. The third kappa shape index (κ3) is 6.34. The number of hydrazone groups is 1. The van der Waals surface area contributed by atoms with Gasteiger partial charge in [-0.05, 0) is 24.3 Å². The summed E-state index contributed by atoms with van der Waals surface area (Å²) in [6, 6.07) is 12.3. The third-order valence-corrected chi connectivity index (χ3v) is 4.33. The molecule has 3 rings (SSSR count). The third-order valence-electron chi connectivity index (χ3n) is 4.33. The van der Waals surface area contributed by atoms with Crippen LogP contribution in [-0.4, -0.2) is 61.7 Å². The van der Waals surface area contributed by atoms with Gasteiger partial charge >= 0.3 is 11.8 Å². The van der Waals surface area contributed by atoms with E-state index in [9.17, 15) is 18.8 Å². The van der Waals surface area contributed by atoms with E-state index < -0.39 is 17.6 Å². The molecule has 0 aromatic heterocycles. The van der Waals surface area contributed by atoms with E-state index in [0.717, 1.165) is 6.07 Å². The maximum absolute atomic E-state index is 13.6. The second-order valence-electron chi connectivity index (χ2n) is 6.45. The summed E-state index contributed by atoms with van der Waals surface area (Å²) in [4.78, 5) is 37.6. The van der Waals surface area contributed by atoms with Gasteiger partial charge in [0.15, 0.2) is 6.61 Å². The molecule has 3 amide bonds. The Balaban J connectivity index is 1.53. The number of halogens is 1. The number of rotatable bonds is 6. The lowest BCUT2D eigenvalue weighted by molar-refractivity contribution is -0.137. The van der Waals surface area contributed by atoms with Gasteiger partial charge in [-0.3, -0.25) is 14.4 Å². The van der Waals surface area contributed by atoms with Crippen molar-refractivity contribution in [1.82, 2.24) is 10.3 Å². The number of hydrogen-bond acceptors (Lipinski definition) is 6. The lowest BCUT2D eigenvalue weighted by Crippen LogP contribution is -2.43. The number of morpholine rings is 1. The average molecular weight is 428 g/mol. The van der Waals surface area contributed by atoms with Gasteiger partial charge in [0.05, 0.1) is 25.1 Å². The molecule has 0 bridgehead atoms. The lowest BCUT2D eigenvalue weighted by atomic mass is 10.2. The molecular formula is C21H21FN4O5. The smallest absolute Gasteiger partial charge is 0.329 e. The number of amides is 3. The van der Waals surface area contributed by atoms with Gasteiger partial charge in [-0.2, -0.15) is 5.10 Å². The molecule has 10 heteroatoms. The van der Waals surface area contributed by atoms with Crippen LogP contribution in [0.15, 0.2) is 53.6 Å². The van der Waals surface area contributed by atoms with Crippen molar-refractivity contribution in [1.29, 1.82) is 0 Å². The highest BCUT2D eigenvalue weighted by Gasteiger charge is 2.18. The Morgan fingerprint density at radius 2 is 1.77 bits per heavy atom. The van der Waals surface area contributed by atoms with Crippen LogP contribution in [0.4, 0.5) is 10.1 Å². The Morgan fingerprint density at radius 1 is 1.06 bits per heavy atom. The molecule has 0 saturated carbocycles. The quantitative estimate of drug-likeness (QED) is 0.408. The maximum atomic E-state index is 13.6. The number of nitrogens with zero attached hydrogens (tertiary/aromatic N) is 2. The molecule has 1 saturated heterocycles. The predicted octanol–water partition coefficient (Wildman–Crippen LogP) is 1.15. The van der Waals surface area contributed by atoms with Crippen LogP contribution >= 0.6 is 0 Å². The highest BCUT2D eigenvalue weighted by molar-refractivity contribution is 6.39. The van der Waals surface area contributed by atoms with Crippen LogP contribution < -0.4 is 15.5 Å². The van der Waals surface area contributed by atoms with Gasteiger partial charge in [0.1, 0.15) is 11.6 Å². The molecule has 2 N–H and O–H groups in total. The summed E-state index contributed by atoms with van der Waals surface area (Å²) in [5.74, 6) is -2.57. The number of nitrogens with one attached hydrogen (secondary N) is 2. The van der Waals surface area contributed by atoms with Gasteiger partial charge in [0.2, 0.25) is 0 Å². The van der Waals surface area contributed by atoms with Crippen LogP contribution in [0.25, 0.3) is 0 Å². The summed E-state index contributed by atoms with van der Waals surface area (Å²) in [7, 11) is 0. The molecule has 2 aromatic rings. The zero-order chi connectivity index (χ0) is 22.1. The van der Waals surface area contributed by atoms with Crippen molar-refractivity contribution in [2.24, 2.45) is 5.10 Å². The van der Waals surface area contributed by atoms with Crippen molar-refractivity contribution in [3.05, 3.63) is 59.9 Å². The van der Waals surface area contributed by atoms with E-state index in [-0.39, 0.29) is 18.2 Å². The predicted molar refractivity (Wildman–Crippen MR) is 110 cm³/mol. The van der Waals surface area contributed by atoms with E-state index >= 15 is 0 Å². The Morgan fingerprint density at radius 3 is 2.55 bits per heavy atom. The summed E-state index contributed by atoms with van der Waals surface area (Å²) in [6.45, 7) is 1.89. The highest BCUT2D eigenvalue weighted by Crippen LogP contribution is 2.16. The Kier molecular flexibility index (Phi) is 7.66. The number of carbonyl (C=O) groups excluding carboxylic acids is 3. The van der Waals surface area contributed by atoms with Gasteiger partial charge in [-0.15, -0.1) is 0 Å². The van der Waals surface area contributed by atoms with Crippen LogP contribution in [-0.2, 0) is 19.1 Å². The van der Waals surface area contributed by atoms with Crippen LogP contribution in [0.3, 0.4) is 0 Å². The van der Waals surface area contributed by atoms with E-state index in [2.05, 4.69) is 15.8 Å². The first-order valence-corrected chi connectivity index (χ1v) is 9.51. The molecule has 1 aliphatic heterocycles. The average Bonchev–Trinajstić information content (AvgIpc) is 2.80. The highest BCUT2D eigenvalue weighted by atomic mass is 19.1. The van der Waals surface area contributed by atoms with Crippen molar-refractivity contribution in [3.63, 3.8) is 0 Å². The second-order valence-corrected chi connectivity index (χ2v) is 6.45. The summed E-state index contributed by atoms with van der Waals surface area (Å²) >= 11 is 0. The number of ether oxygens (including phenoxy) is 2. The maximum Gasteiger partial charge on any atom is 0.329 e. The fraction of sp³-hybridized carbons (Fsp3) is 0.238. The largest absolute Gasteiger partial charge is 0.483 e. The lowest BCUT2D eigenvalue weighted by Gasteiger charge is -2.26. The van der Waals surface area contributed by atoms with Crippen molar-refractivity contribution >= 4 is 29.6 Å². The first-order chi connectivity index (χ1) is 15.0. The summed E-state index contributed by atoms with van der Waals surface area (Å²) in [5, 5.41) is 5.89. The molecule has 9 nitrogen and oxygen atoms in total. The fourth-order valence-electron chi connectivity index (χ4n) is 2.72. The van der Waals surface area contributed by atoms with Gasteiger partial charge < -0.3 is 19.7 Å². The van der Waals surface area contributed by atoms with E-state index in [1.54, 1.807) is 29.2 Å². The minimum atomic E-state index is -1.07. The number of benzene rings is 2. The molecule has 0 radical (unpaired) electrons. The van der Waals surface area contributed by atoms with Gasteiger partial charge in [-0.25, -0.2) is 9.82 Å². The minimum absolute atomic E-state index is 0.115. The van der Waals surface area contributed by atoms with Crippen LogP contribution in [0.5, 0.6) is 5.75 Å². The molecule has 1 heterocycles. The Labute approximate surface area is 177 Å². The molecule has 0 aliphatic carbocycles. The van der Waals surface area contributed by atoms with Crippen LogP contribution in [0, 0.1) is 5.82 Å². The first-order valence-electron chi connectivity index (χ1n) is 9.51. The summed E-state index contributed by atoms with van der Waals surface area (Å²) < 4.78 is 24.4. The van der Waals surface area contributed by atoms with E-state index in [1.807, 2.05) is 0 Å². The van der Waals surface area contributed by atoms with Crippen molar-refractivity contribution in [3.8, 4) is 5.75 Å². The SMILES string of the molecule is O=C(N/N=C\c1ccccc1OCC(=O)N1CCOCC1)C(=O)Nc1ccccc1F. The molecule has 1 aliphatic rings. The van der Waals surface area contributed by atoms with Crippen molar-refractivity contribution in [2.75, 3.05) is 38.2 Å². The van der Waals surface area contributed by atoms with Crippen LogP contribution in [0.2, 0.25) is 0 Å². The standard InChI is InChI=1S/C21H21FN4O5/c22-16-6-2-3-7-17(16)24-20(28)21(29)25-23-13-15-5-1-4-8-18(15)31-14-19(27)26-9-11-30-12-10-26/h1-8,13H,9-12,14H2,(H,24,28)(H,25,29)/b23-13-.